The Morgan fingerprint density at radius 3 is 2.52 bits per heavy atom. The van der Waals surface area contributed by atoms with Gasteiger partial charge in [-0.15, -0.1) is 0 Å². The van der Waals surface area contributed by atoms with Crippen LogP contribution >= 0.6 is 0 Å². The van der Waals surface area contributed by atoms with Crippen molar-refractivity contribution in [2.75, 3.05) is 25.0 Å². The molecule has 0 radical (unpaired) electrons. The number of amides is 3. The summed E-state index contributed by atoms with van der Waals surface area (Å²) in [6.45, 7) is 1.81. The highest BCUT2D eigenvalue weighted by molar-refractivity contribution is 5.89. The van der Waals surface area contributed by atoms with E-state index in [2.05, 4.69) is 27.8 Å². The number of benzene rings is 2. The fourth-order valence-electron chi connectivity index (χ4n) is 3.87. The van der Waals surface area contributed by atoms with Gasteiger partial charge in [0.15, 0.2) is 0 Å². The number of aromatic amines is 1. The fraction of sp³-hybridized carbons (Fsp3) is 0.304. The molecule has 0 saturated carbocycles. The first-order valence-electron chi connectivity index (χ1n) is 10.1. The van der Waals surface area contributed by atoms with Gasteiger partial charge in [0.1, 0.15) is 0 Å². The molecule has 0 unspecified atom stereocenters. The maximum absolute atomic E-state index is 12.5. The topological polar surface area (TPSA) is 77.2 Å². The SMILES string of the molecule is O=C(NCCc1c[nH]c2ccccc12)C1CCN(C(=O)Nc2ccccc2)CC1. The highest BCUT2D eigenvalue weighted by Gasteiger charge is 2.27. The van der Waals surface area contributed by atoms with Crippen LogP contribution < -0.4 is 10.6 Å². The van der Waals surface area contributed by atoms with Gasteiger partial charge in [0.05, 0.1) is 0 Å². The summed E-state index contributed by atoms with van der Waals surface area (Å²) in [7, 11) is 0. The third-order valence-electron chi connectivity index (χ3n) is 5.55. The minimum absolute atomic E-state index is 0.0289. The Kier molecular flexibility index (Phi) is 5.79. The lowest BCUT2D eigenvalue weighted by atomic mass is 9.96. The van der Waals surface area contributed by atoms with Gasteiger partial charge in [-0.25, -0.2) is 4.79 Å². The van der Waals surface area contributed by atoms with Crippen molar-refractivity contribution >= 4 is 28.5 Å². The zero-order chi connectivity index (χ0) is 20.1. The molecule has 1 aromatic heterocycles. The summed E-state index contributed by atoms with van der Waals surface area (Å²) in [5, 5.41) is 7.18. The Morgan fingerprint density at radius 1 is 1.00 bits per heavy atom. The average Bonchev–Trinajstić information content (AvgIpc) is 3.18. The molecule has 3 N–H and O–H groups in total. The van der Waals surface area contributed by atoms with Gasteiger partial charge in [-0.2, -0.15) is 0 Å². The fourth-order valence-corrected chi connectivity index (χ4v) is 3.87. The van der Waals surface area contributed by atoms with Crippen LogP contribution in [0, 0.1) is 5.92 Å². The highest BCUT2D eigenvalue weighted by atomic mass is 16.2. The van der Waals surface area contributed by atoms with E-state index >= 15 is 0 Å². The average molecular weight is 390 g/mol. The maximum Gasteiger partial charge on any atom is 0.321 e. The Labute approximate surface area is 170 Å². The number of nitrogens with one attached hydrogen (secondary N) is 3. The predicted octanol–water partition coefficient (Wildman–Crippen LogP) is 3.77. The highest BCUT2D eigenvalue weighted by Crippen LogP contribution is 2.20. The molecule has 4 rings (SSSR count). The first-order chi connectivity index (χ1) is 14.2. The molecule has 0 spiro atoms. The lowest BCUT2D eigenvalue weighted by molar-refractivity contribution is -0.126. The number of urea groups is 1. The van der Waals surface area contributed by atoms with Gasteiger partial charge in [-0.05, 0) is 43.0 Å². The number of hydrogen-bond donors (Lipinski definition) is 3. The third kappa shape index (κ3) is 4.59. The van der Waals surface area contributed by atoms with Crippen LogP contribution in [0.1, 0.15) is 18.4 Å². The number of nitrogens with zero attached hydrogens (tertiary/aromatic N) is 1. The van der Waals surface area contributed by atoms with Gasteiger partial charge in [-0.1, -0.05) is 36.4 Å². The second-order valence-electron chi connectivity index (χ2n) is 7.46. The molecule has 1 fully saturated rings. The van der Waals surface area contributed by atoms with Crippen LogP contribution in [-0.2, 0) is 11.2 Å². The van der Waals surface area contributed by atoms with E-state index in [1.807, 2.05) is 48.7 Å². The van der Waals surface area contributed by atoms with E-state index in [1.54, 1.807) is 4.90 Å². The first-order valence-corrected chi connectivity index (χ1v) is 10.1. The Bertz CT molecular complexity index is 975. The summed E-state index contributed by atoms with van der Waals surface area (Å²) in [5.41, 5.74) is 3.12. The van der Waals surface area contributed by atoms with Gasteiger partial charge >= 0.3 is 6.03 Å². The van der Waals surface area contributed by atoms with Crippen molar-refractivity contribution in [1.82, 2.24) is 15.2 Å². The van der Waals surface area contributed by atoms with Crippen molar-refractivity contribution in [3.8, 4) is 0 Å². The van der Waals surface area contributed by atoms with E-state index in [1.165, 1.54) is 10.9 Å². The molecule has 1 aliphatic heterocycles. The largest absolute Gasteiger partial charge is 0.361 e. The van der Waals surface area contributed by atoms with Gasteiger partial charge in [0.2, 0.25) is 5.91 Å². The Hall–Kier alpha value is -3.28. The van der Waals surface area contributed by atoms with E-state index in [9.17, 15) is 9.59 Å². The lowest BCUT2D eigenvalue weighted by Gasteiger charge is -2.31. The van der Waals surface area contributed by atoms with Crippen LogP contribution in [0.25, 0.3) is 10.9 Å². The molecule has 0 atom stereocenters. The van der Waals surface area contributed by atoms with Gasteiger partial charge in [-0.3, -0.25) is 4.79 Å². The number of hydrogen-bond acceptors (Lipinski definition) is 2. The zero-order valence-corrected chi connectivity index (χ0v) is 16.4. The standard InChI is InChI=1S/C23H26N4O2/c28-22(24-13-10-18-16-25-21-9-5-4-8-20(18)21)17-11-14-27(15-12-17)23(29)26-19-6-2-1-3-7-19/h1-9,16-17,25H,10-15H2,(H,24,28)(H,26,29). The summed E-state index contributed by atoms with van der Waals surface area (Å²) in [6, 6.07) is 17.5. The molecule has 3 aromatic rings. The molecule has 2 heterocycles. The summed E-state index contributed by atoms with van der Waals surface area (Å²) in [5.74, 6) is 0.0618. The lowest BCUT2D eigenvalue weighted by Crippen LogP contribution is -2.44. The normalized spacial score (nSPS) is 14.7. The minimum Gasteiger partial charge on any atom is -0.361 e. The van der Waals surface area contributed by atoms with E-state index < -0.39 is 0 Å². The van der Waals surface area contributed by atoms with Crippen LogP contribution in [0.2, 0.25) is 0 Å². The summed E-state index contributed by atoms with van der Waals surface area (Å²) in [6.07, 6.45) is 4.21. The van der Waals surface area contributed by atoms with E-state index in [0.717, 1.165) is 17.6 Å². The third-order valence-corrected chi connectivity index (χ3v) is 5.55. The second kappa shape index (κ2) is 8.82. The van der Waals surface area contributed by atoms with Gasteiger partial charge < -0.3 is 20.5 Å². The molecule has 6 nitrogen and oxygen atoms in total. The van der Waals surface area contributed by atoms with Crippen LogP contribution in [0.5, 0.6) is 0 Å². The number of carbonyl (C=O) groups is 2. The monoisotopic (exact) mass is 390 g/mol. The van der Waals surface area contributed by atoms with Crippen LogP contribution in [0.4, 0.5) is 10.5 Å². The molecule has 6 heteroatoms. The molecule has 1 saturated heterocycles. The van der Waals surface area contributed by atoms with Crippen molar-refractivity contribution in [2.45, 2.75) is 19.3 Å². The first kappa shape index (κ1) is 19.1. The van der Waals surface area contributed by atoms with Crippen LogP contribution in [-0.4, -0.2) is 41.5 Å². The molecule has 3 amide bonds. The maximum atomic E-state index is 12.5. The number of fused-ring (bicyclic) bond motifs is 1. The zero-order valence-electron chi connectivity index (χ0n) is 16.4. The number of piperidine rings is 1. The number of likely N-dealkylation sites (tertiary alicyclic amines) is 1. The van der Waals surface area contributed by atoms with E-state index in [0.29, 0.717) is 32.5 Å². The van der Waals surface area contributed by atoms with Crippen molar-refractivity contribution in [3.05, 3.63) is 66.4 Å². The van der Waals surface area contributed by atoms with Crippen molar-refractivity contribution < 1.29 is 9.59 Å². The Morgan fingerprint density at radius 2 is 1.72 bits per heavy atom. The number of aromatic nitrogens is 1. The number of rotatable bonds is 5. The number of anilines is 1. The van der Waals surface area contributed by atoms with E-state index in [4.69, 9.17) is 0 Å². The molecule has 0 aliphatic carbocycles. The quantitative estimate of drug-likeness (QED) is 0.620. The summed E-state index contributed by atoms with van der Waals surface area (Å²) >= 11 is 0. The molecule has 29 heavy (non-hydrogen) atoms. The van der Waals surface area contributed by atoms with Crippen LogP contribution in [0.3, 0.4) is 0 Å². The molecule has 1 aliphatic rings. The van der Waals surface area contributed by atoms with Crippen LogP contribution in [0.15, 0.2) is 60.8 Å². The van der Waals surface area contributed by atoms with E-state index in [-0.39, 0.29) is 17.9 Å². The smallest absolute Gasteiger partial charge is 0.321 e. The molecular weight excluding hydrogens is 364 g/mol. The van der Waals surface area contributed by atoms with Crippen molar-refractivity contribution in [3.63, 3.8) is 0 Å². The molecular formula is C23H26N4O2. The van der Waals surface area contributed by atoms with Gasteiger partial charge in [0, 0.05) is 48.3 Å². The predicted molar refractivity (Wildman–Crippen MR) is 115 cm³/mol. The molecule has 150 valence electrons. The number of carbonyl (C=O) groups excluding carboxylic acids is 2. The summed E-state index contributed by atoms with van der Waals surface area (Å²) < 4.78 is 0. The van der Waals surface area contributed by atoms with Gasteiger partial charge in [0.25, 0.3) is 0 Å². The number of para-hydroxylation sites is 2. The number of H-pyrrole nitrogens is 1. The second-order valence-corrected chi connectivity index (χ2v) is 7.46. The molecule has 0 bridgehead atoms. The summed E-state index contributed by atoms with van der Waals surface area (Å²) in [4.78, 5) is 29.9. The molecule has 2 aromatic carbocycles. The van der Waals surface area contributed by atoms with Crippen molar-refractivity contribution in [1.29, 1.82) is 0 Å². The van der Waals surface area contributed by atoms with Crippen molar-refractivity contribution in [2.24, 2.45) is 5.92 Å². The minimum atomic E-state index is -0.102. The Balaban J connectivity index is 1.21.